The molecule has 3 nitrogen and oxygen atoms in total. The van der Waals surface area contributed by atoms with Gasteiger partial charge < -0.3 is 0 Å². The van der Waals surface area contributed by atoms with E-state index in [2.05, 4.69) is 26.8 Å². The highest BCUT2D eigenvalue weighted by Crippen LogP contribution is 2.18. The van der Waals surface area contributed by atoms with Crippen LogP contribution in [0.5, 0.6) is 0 Å². The van der Waals surface area contributed by atoms with Gasteiger partial charge in [0, 0.05) is 11.6 Å². The lowest BCUT2D eigenvalue weighted by molar-refractivity contribution is 0.624. The van der Waals surface area contributed by atoms with Crippen LogP contribution in [0.1, 0.15) is 16.8 Å². The van der Waals surface area contributed by atoms with E-state index in [-0.39, 0.29) is 5.82 Å². The SMILES string of the molecule is Cc1ccc(-c2ncc3ccccc3n2)nc1C#Cc1ccccc1F. The van der Waals surface area contributed by atoms with Gasteiger partial charge in [0.2, 0.25) is 0 Å². The average Bonchev–Trinajstić information content (AvgIpc) is 2.68. The second kappa shape index (κ2) is 6.73. The second-order valence-corrected chi connectivity index (χ2v) is 5.84. The van der Waals surface area contributed by atoms with Gasteiger partial charge in [0.1, 0.15) is 17.2 Å². The van der Waals surface area contributed by atoms with Crippen LogP contribution in [-0.2, 0) is 0 Å². The molecule has 0 fully saturated rings. The maximum atomic E-state index is 13.7. The zero-order chi connectivity index (χ0) is 17.9. The fraction of sp³-hybridized carbons (Fsp3) is 0.0455. The Balaban J connectivity index is 1.75. The van der Waals surface area contributed by atoms with E-state index in [9.17, 15) is 4.39 Å². The molecular formula is C22H14FN3. The molecule has 0 saturated carbocycles. The third-order valence-electron chi connectivity index (χ3n) is 4.00. The molecule has 4 heteroatoms. The Bertz CT molecular complexity index is 1170. The molecule has 2 heterocycles. The molecule has 0 atom stereocenters. The Morgan fingerprint density at radius 3 is 2.54 bits per heavy atom. The van der Waals surface area contributed by atoms with Crippen molar-refractivity contribution < 1.29 is 4.39 Å². The van der Waals surface area contributed by atoms with Crippen LogP contribution in [0.4, 0.5) is 4.39 Å². The highest BCUT2D eigenvalue weighted by molar-refractivity contribution is 5.79. The van der Waals surface area contributed by atoms with Crippen LogP contribution < -0.4 is 0 Å². The fourth-order valence-electron chi connectivity index (χ4n) is 2.56. The van der Waals surface area contributed by atoms with Crippen molar-refractivity contribution in [2.24, 2.45) is 0 Å². The lowest BCUT2D eigenvalue weighted by Crippen LogP contribution is -1.96. The normalized spacial score (nSPS) is 10.4. The molecule has 0 amide bonds. The molecule has 124 valence electrons. The lowest BCUT2D eigenvalue weighted by atomic mass is 10.1. The minimum absolute atomic E-state index is 0.341. The molecule has 0 radical (unpaired) electrons. The molecule has 4 aromatic rings. The summed E-state index contributed by atoms with van der Waals surface area (Å²) >= 11 is 0. The summed E-state index contributed by atoms with van der Waals surface area (Å²) in [4.78, 5) is 13.5. The molecule has 4 rings (SSSR count). The minimum Gasteiger partial charge on any atom is -0.236 e. The highest BCUT2D eigenvalue weighted by Gasteiger charge is 2.07. The van der Waals surface area contributed by atoms with E-state index in [0.29, 0.717) is 22.8 Å². The van der Waals surface area contributed by atoms with Crippen molar-refractivity contribution in [3.8, 4) is 23.4 Å². The van der Waals surface area contributed by atoms with Crippen molar-refractivity contribution in [3.63, 3.8) is 0 Å². The largest absolute Gasteiger partial charge is 0.236 e. The van der Waals surface area contributed by atoms with E-state index in [4.69, 9.17) is 0 Å². The van der Waals surface area contributed by atoms with Crippen LogP contribution in [0.2, 0.25) is 0 Å². The van der Waals surface area contributed by atoms with Gasteiger partial charge in [-0.1, -0.05) is 42.3 Å². The molecule has 0 bridgehead atoms. The van der Waals surface area contributed by atoms with E-state index in [1.807, 2.05) is 43.3 Å². The first-order valence-electron chi connectivity index (χ1n) is 8.17. The van der Waals surface area contributed by atoms with Gasteiger partial charge in [-0.25, -0.2) is 19.3 Å². The number of aromatic nitrogens is 3. The van der Waals surface area contributed by atoms with Gasteiger partial charge in [-0.15, -0.1) is 0 Å². The molecule has 2 aromatic carbocycles. The van der Waals surface area contributed by atoms with Gasteiger partial charge >= 0.3 is 0 Å². The maximum absolute atomic E-state index is 13.7. The highest BCUT2D eigenvalue weighted by atomic mass is 19.1. The number of nitrogens with zero attached hydrogens (tertiary/aromatic N) is 3. The van der Waals surface area contributed by atoms with Crippen molar-refractivity contribution in [1.82, 2.24) is 15.0 Å². The lowest BCUT2D eigenvalue weighted by Gasteiger charge is -2.04. The number of hydrogen-bond donors (Lipinski definition) is 0. The molecule has 0 saturated heterocycles. The summed E-state index contributed by atoms with van der Waals surface area (Å²) in [5.74, 6) is 6.01. The van der Waals surface area contributed by atoms with E-state index in [1.54, 1.807) is 24.4 Å². The van der Waals surface area contributed by atoms with Crippen molar-refractivity contribution in [3.05, 3.63) is 89.5 Å². The van der Waals surface area contributed by atoms with E-state index in [0.717, 1.165) is 16.5 Å². The summed E-state index contributed by atoms with van der Waals surface area (Å²) in [6.07, 6.45) is 1.78. The van der Waals surface area contributed by atoms with Gasteiger partial charge in [0.25, 0.3) is 0 Å². The van der Waals surface area contributed by atoms with Gasteiger partial charge in [-0.2, -0.15) is 0 Å². The summed E-state index contributed by atoms with van der Waals surface area (Å²) in [6.45, 7) is 1.92. The summed E-state index contributed by atoms with van der Waals surface area (Å²) in [5.41, 5.74) is 3.35. The van der Waals surface area contributed by atoms with E-state index < -0.39 is 0 Å². The van der Waals surface area contributed by atoms with Crippen molar-refractivity contribution in [2.75, 3.05) is 0 Å². The first-order chi connectivity index (χ1) is 12.7. The van der Waals surface area contributed by atoms with Gasteiger partial charge in [-0.05, 0) is 42.7 Å². The summed E-state index contributed by atoms with van der Waals surface area (Å²) in [7, 11) is 0. The molecule has 0 aliphatic rings. The summed E-state index contributed by atoms with van der Waals surface area (Å²) < 4.78 is 13.7. The number of benzene rings is 2. The Morgan fingerprint density at radius 1 is 0.846 bits per heavy atom. The van der Waals surface area contributed by atoms with Crippen molar-refractivity contribution in [1.29, 1.82) is 0 Å². The Labute approximate surface area is 150 Å². The standard InChI is InChI=1S/C22H14FN3/c1-15-10-12-21(22-24-14-17-7-3-5-9-20(17)26-22)25-19(15)13-11-16-6-2-4-8-18(16)23/h2-10,12,14H,1H3. The topological polar surface area (TPSA) is 38.7 Å². The first kappa shape index (κ1) is 15.9. The fourth-order valence-corrected chi connectivity index (χ4v) is 2.56. The van der Waals surface area contributed by atoms with Crippen molar-refractivity contribution >= 4 is 10.9 Å². The van der Waals surface area contributed by atoms with E-state index in [1.165, 1.54) is 6.07 Å². The molecule has 0 spiro atoms. The summed E-state index contributed by atoms with van der Waals surface area (Å²) in [6, 6.07) is 18.0. The zero-order valence-electron chi connectivity index (χ0n) is 14.1. The molecular weight excluding hydrogens is 325 g/mol. The summed E-state index contributed by atoms with van der Waals surface area (Å²) in [5, 5.41) is 0.975. The first-order valence-corrected chi connectivity index (χ1v) is 8.17. The number of aryl methyl sites for hydroxylation is 1. The molecule has 26 heavy (non-hydrogen) atoms. The van der Waals surface area contributed by atoms with Crippen LogP contribution in [0.15, 0.2) is 66.9 Å². The Hall–Kier alpha value is -3.58. The molecule has 0 unspecified atom stereocenters. The number of halogens is 1. The smallest absolute Gasteiger partial charge is 0.178 e. The number of hydrogen-bond acceptors (Lipinski definition) is 3. The Morgan fingerprint density at radius 2 is 1.65 bits per heavy atom. The quantitative estimate of drug-likeness (QED) is 0.478. The average molecular weight is 339 g/mol. The third kappa shape index (κ3) is 3.15. The molecule has 0 N–H and O–H groups in total. The van der Waals surface area contributed by atoms with Gasteiger partial charge in [-0.3, -0.25) is 0 Å². The predicted molar refractivity (Wildman–Crippen MR) is 99.9 cm³/mol. The molecule has 0 aliphatic heterocycles. The number of rotatable bonds is 1. The van der Waals surface area contributed by atoms with Crippen molar-refractivity contribution in [2.45, 2.75) is 6.92 Å². The van der Waals surface area contributed by atoms with Crippen LogP contribution in [0, 0.1) is 24.6 Å². The van der Waals surface area contributed by atoms with Crippen LogP contribution in [0.3, 0.4) is 0 Å². The Kier molecular flexibility index (Phi) is 4.12. The van der Waals surface area contributed by atoms with Crippen LogP contribution in [-0.4, -0.2) is 15.0 Å². The number of para-hydroxylation sites is 1. The van der Waals surface area contributed by atoms with Gasteiger partial charge in [0.15, 0.2) is 5.82 Å². The minimum atomic E-state index is -0.341. The predicted octanol–water partition coefficient (Wildman–Crippen LogP) is 4.54. The van der Waals surface area contributed by atoms with Gasteiger partial charge in [0.05, 0.1) is 11.1 Å². The molecule has 0 aliphatic carbocycles. The van der Waals surface area contributed by atoms with Crippen LogP contribution >= 0.6 is 0 Å². The second-order valence-electron chi connectivity index (χ2n) is 5.84. The maximum Gasteiger partial charge on any atom is 0.178 e. The third-order valence-corrected chi connectivity index (χ3v) is 4.00. The zero-order valence-corrected chi connectivity index (χ0v) is 14.1. The molecule has 2 aromatic heterocycles. The number of pyridine rings is 1. The van der Waals surface area contributed by atoms with E-state index >= 15 is 0 Å². The monoisotopic (exact) mass is 339 g/mol. The van der Waals surface area contributed by atoms with Crippen LogP contribution in [0.25, 0.3) is 22.4 Å². The number of fused-ring (bicyclic) bond motifs is 1.